The van der Waals surface area contributed by atoms with Gasteiger partial charge in [0.1, 0.15) is 41.0 Å². The van der Waals surface area contributed by atoms with Crippen molar-refractivity contribution in [2.75, 3.05) is 43.9 Å². The van der Waals surface area contributed by atoms with Crippen molar-refractivity contribution in [3.63, 3.8) is 0 Å². The second kappa shape index (κ2) is 11.0. The average Bonchev–Trinajstić information content (AvgIpc) is 3.61. The molecule has 0 radical (unpaired) electrons. The van der Waals surface area contributed by atoms with Crippen LogP contribution in [0.2, 0.25) is 0 Å². The molecule has 2 N–H and O–H groups in total. The minimum absolute atomic E-state index is 0.0279. The number of rotatable bonds is 7. The molecule has 0 spiro atoms. The Bertz CT molecular complexity index is 1820. The topological polar surface area (TPSA) is 91.3 Å². The number of nitrogen functional groups attached to an aromatic ring is 1. The predicted molar refractivity (Wildman–Crippen MR) is 157 cm³/mol. The summed E-state index contributed by atoms with van der Waals surface area (Å²) in [6, 6.07) is 4.26. The van der Waals surface area contributed by atoms with E-state index in [9.17, 15) is 27.2 Å². The van der Waals surface area contributed by atoms with Crippen LogP contribution in [0, 0.1) is 23.0 Å². The Hall–Kier alpha value is -3.83. The number of halogens is 6. The zero-order valence-electron chi connectivity index (χ0n) is 23.9. The summed E-state index contributed by atoms with van der Waals surface area (Å²) in [5.74, 6) is -2.11. The van der Waals surface area contributed by atoms with Gasteiger partial charge in [-0.3, -0.25) is 4.90 Å². The maximum absolute atomic E-state index is 16.7. The Morgan fingerprint density at radius 3 is 2.75 bits per heavy atom. The number of anilines is 2. The van der Waals surface area contributed by atoms with E-state index in [0.717, 1.165) is 31.2 Å². The van der Waals surface area contributed by atoms with Crippen LogP contribution in [0.5, 0.6) is 6.01 Å². The van der Waals surface area contributed by atoms with Crippen molar-refractivity contribution >= 4 is 43.1 Å². The molecule has 232 valence electrons. The zero-order chi connectivity index (χ0) is 31.6. The van der Waals surface area contributed by atoms with E-state index < -0.39 is 46.2 Å². The summed E-state index contributed by atoms with van der Waals surface area (Å²) in [6.45, 7) is 3.29. The number of nitrogens with zero attached hydrogens (tertiary/aromatic N) is 5. The number of aromatic nitrogens is 2. The Labute approximate surface area is 252 Å². The molecule has 2 aliphatic rings. The van der Waals surface area contributed by atoms with Gasteiger partial charge in [0.25, 0.3) is 0 Å². The highest BCUT2D eigenvalue weighted by molar-refractivity contribution is 7.23. The Balaban J connectivity index is 1.59. The van der Waals surface area contributed by atoms with Crippen molar-refractivity contribution < 1.29 is 31.1 Å². The molecule has 44 heavy (non-hydrogen) atoms. The minimum atomic E-state index is -5.05. The summed E-state index contributed by atoms with van der Waals surface area (Å²) >= 11 is 0.695. The molecule has 2 fully saturated rings. The van der Waals surface area contributed by atoms with Crippen molar-refractivity contribution in [2.24, 2.45) is 0 Å². The van der Waals surface area contributed by atoms with Gasteiger partial charge >= 0.3 is 12.2 Å². The number of nitrogens with two attached hydrogens (primary N) is 1. The van der Waals surface area contributed by atoms with Gasteiger partial charge in [-0.25, -0.2) is 13.2 Å². The van der Waals surface area contributed by atoms with Gasteiger partial charge in [0.15, 0.2) is 5.82 Å². The van der Waals surface area contributed by atoms with Crippen LogP contribution in [-0.4, -0.2) is 59.9 Å². The van der Waals surface area contributed by atoms with E-state index in [1.54, 1.807) is 11.9 Å². The third-order valence-electron chi connectivity index (χ3n) is 8.55. The first kappa shape index (κ1) is 30.2. The quantitative estimate of drug-likeness (QED) is 0.218. The molecule has 0 bridgehead atoms. The Morgan fingerprint density at radius 1 is 1.27 bits per heavy atom. The minimum Gasteiger partial charge on any atom is -0.461 e. The summed E-state index contributed by atoms with van der Waals surface area (Å²) in [7, 11) is 1.62. The number of fused-ring (bicyclic) bond motifs is 3. The number of alkyl halides is 4. The van der Waals surface area contributed by atoms with Crippen LogP contribution in [0.1, 0.15) is 43.7 Å². The molecule has 2 aromatic carbocycles. The van der Waals surface area contributed by atoms with Crippen LogP contribution in [0.15, 0.2) is 18.2 Å². The number of ether oxygens (including phenoxy) is 1. The highest BCUT2D eigenvalue weighted by Gasteiger charge is 2.49. The van der Waals surface area contributed by atoms with Crippen LogP contribution < -0.4 is 15.4 Å². The van der Waals surface area contributed by atoms with Crippen LogP contribution >= 0.6 is 11.3 Å². The van der Waals surface area contributed by atoms with Gasteiger partial charge in [-0.15, -0.1) is 11.3 Å². The fourth-order valence-corrected chi connectivity index (χ4v) is 7.58. The summed E-state index contributed by atoms with van der Waals surface area (Å²) in [5, 5.41) is 9.21. The molecule has 0 aliphatic carbocycles. The monoisotopic (exact) mass is 634 g/mol. The van der Waals surface area contributed by atoms with E-state index in [1.165, 1.54) is 0 Å². The molecular formula is C30H28F6N6OS. The fourth-order valence-electron chi connectivity index (χ4n) is 6.63. The van der Waals surface area contributed by atoms with Gasteiger partial charge in [0.2, 0.25) is 0 Å². The summed E-state index contributed by atoms with van der Waals surface area (Å²) in [4.78, 5) is 12.3. The SMILES string of the molecule is CCCN(C)c1nc(OCC23CCCN2CC(F)C3)nc2c(F)c(-c3ccc(F)c4sc(N)c(C#N)c34)c(C(F)(F)F)cc12. The molecule has 2 aliphatic heterocycles. The molecule has 2 saturated heterocycles. The lowest BCUT2D eigenvalue weighted by atomic mass is 9.92. The van der Waals surface area contributed by atoms with E-state index >= 15 is 4.39 Å². The van der Waals surface area contributed by atoms with Crippen LogP contribution in [-0.2, 0) is 6.18 Å². The van der Waals surface area contributed by atoms with Gasteiger partial charge in [-0.2, -0.15) is 28.4 Å². The molecule has 0 saturated carbocycles. The van der Waals surface area contributed by atoms with Crippen LogP contribution in [0.3, 0.4) is 0 Å². The molecular weight excluding hydrogens is 606 g/mol. The maximum atomic E-state index is 16.7. The second-order valence-corrected chi connectivity index (χ2v) is 12.4. The maximum Gasteiger partial charge on any atom is 0.417 e. The van der Waals surface area contributed by atoms with Crippen molar-refractivity contribution in [3.05, 3.63) is 41.0 Å². The molecule has 6 rings (SSSR count). The van der Waals surface area contributed by atoms with Crippen molar-refractivity contribution in [1.29, 1.82) is 5.26 Å². The van der Waals surface area contributed by atoms with Crippen molar-refractivity contribution in [1.82, 2.24) is 14.9 Å². The molecule has 2 unspecified atom stereocenters. The number of hydrogen-bond acceptors (Lipinski definition) is 8. The average molecular weight is 635 g/mol. The molecule has 4 heterocycles. The van der Waals surface area contributed by atoms with E-state index in [4.69, 9.17) is 10.5 Å². The Morgan fingerprint density at radius 2 is 2.05 bits per heavy atom. The van der Waals surface area contributed by atoms with Gasteiger partial charge in [0.05, 0.1) is 21.4 Å². The molecule has 2 aromatic heterocycles. The Kier molecular flexibility index (Phi) is 7.52. The standard InChI is InChI=1S/C30H28F6N6OS/c1-3-8-41(2)27-17-10-19(30(34,35)36)22(16-5-6-20(32)25-21(16)18(12-37)26(38)44-25)23(33)24(17)39-28(40-27)43-14-29-7-4-9-42(29)13-15(31)11-29/h5-6,10,15H,3-4,7-9,11,13-14,38H2,1-2H3. The van der Waals surface area contributed by atoms with Gasteiger partial charge < -0.3 is 15.4 Å². The summed E-state index contributed by atoms with van der Waals surface area (Å²) < 4.78 is 95.7. The first-order chi connectivity index (χ1) is 20.9. The molecule has 7 nitrogen and oxygen atoms in total. The highest BCUT2D eigenvalue weighted by Crippen LogP contribution is 2.48. The summed E-state index contributed by atoms with van der Waals surface area (Å²) in [6.07, 6.45) is -3.62. The predicted octanol–water partition coefficient (Wildman–Crippen LogP) is 7.06. The zero-order valence-corrected chi connectivity index (χ0v) is 24.7. The lowest BCUT2D eigenvalue weighted by Crippen LogP contribution is -2.43. The molecule has 14 heteroatoms. The number of thiophene rings is 1. The lowest BCUT2D eigenvalue weighted by Gasteiger charge is -2.31. The van der Waals surface area contributed by atoms with E-state index in [-0.39, 0.29) is 63.0 Å². The largest absolute Gasteiger partial charge is 0.461 e. The van der Waals surface area contributed by atoms with E-state index in [2.05, 4.69) is 9.97 Å². The first-order valence-electron chi connectivity index (χ1n) is 14.1. The van der Waals surface area contributed by atoms with Gasteiger partial charge in [-0.1, -0.05) is 13.0 Å². The van der Waals surface area contributed by atoms with Crippen molar-refractivity contribution in [2.45, 2.75) is 50.5 Å². The van der Waals surface area contributed by atoms with E-state index in [1.807, 2.05) is 17.9 Å². The fraction of sp³-hybridized carbons (Fsp3) is 0.433. The van der Waals surface area contributed by atoms with Crippen molar-refractivity contribution in [3.8, 4) is 23.2 Å². The van der Waals surface area contributed by atoms with Crippen LogP contribution in [0.25, 0.3) is 32.1 Å². The molecule has 0 amide bonds. The number of benzene rings is 2. The smallest absolute Gasteiger partial charge is 0.417 e. The van der Waals surface area contributed by atoms with Gasteiger partial charge in [-0.05, 0) is 43.5 Å². The highest BCUT2D eigenvalue weighted by atomic mass is 32.1. The number of nitriles is 1. The normalized spacial score (nSPS) is 20.4. The van der Waals surface area contributed by atoms with E-state index in [0.29, 0.717) is 30.7 Å². The molecule has 2 atom stereocenters. The number of hydrogen-bond donors (Lipinski definition) is 1. The first-order valence-corrected chi connectivity index (χ1v) is 15.0. The second-order valence-electron chi connectivity index (χ2n) is 11.4. The third kappa shape index (κ3) is 4.86. The van der Waals surface area contributed by atoms with Crippen LogP contribution in [0.4, 0.5) is 37.2 Å². The lowest BCUT2D eigenvalue weighted by molar-refractivity contribution is -0.137. The molecule has 4 aromatic rings. The van der Waals surface area contributed by atoms with Gasteiger partial charge in [0, 0.05) is 42.9 Å². The summed E-state index contributed by atoms with van der Waals surface area (Å²) in [5.41, 5.74) is 2.08. The third-order valence-corrected chi connectivity index (χ3v) is 9.57.